The van der Waals surface area contributed by atoms with Gasteiger partial charge in [0.05, 0.1) is 0 Å². The van der Waals surface area contributed by atoms with Gasteiger partial charge in [-0.2, -0.15) is 0 Å². The van der Waals surface area contributed by atoms with E-state index in [9.17, 15) is 0 Å². The molecular formula is C4H12N3O2P. The van der Waals surface area contributed by atoms with Crippen LogP contribution in [0.4, 0.5) is 0 Å². The Balaban J connectivity index is 2.78. The van der Waals surface area contributed by atoms with Crippen LogP contribution >= 0.6 is 9.24 Å². The van der Waals surface area contributed by atoms with Gasteiger partial charge in [0.2, 0.25) is 5.85 Å². The standard InChI is InChI=1S/C4H12N3O2P/c1-2-8-3(5,6)4(7,10)9-2/h2H,5-7,10H2,1H3. The van der Waals surface area contributed by atoms with Crippen LogP contribution < -0.4 is 17.2 Å². The highest BCUT2D eigenvalue weighted by atomic mass is 31.0. The van der Waals surface area contributed by atoms with Gasteiger partial charge in [-0.25, -0.2) is 0 Å². The van der Waals surface area contributed by atoms with Crippen molar-refractivity contribution < 1.29 is 9.47 Å². The van der Waals surface area contributed by atoms with E-state index in [1.54, 1.807) is 6.92 Å². The van der Waals surface area contributed by atoms with E-state index in [1.807, 2.05) is 0 Å². The molecule has 1 rings (SSSR count). The van der Waals surface area contributed by atoms with Crippen LogP contribution in [0.2, 0.25) is 0 Å². The molecule has 1 fully saturated rings. The van der Waals surface area contributed by atoms with Crippen molar-refractivity contribution >= 4 is 9.24 Å². The Morgan fingerprint density at radius 1 is 1.30 bits per heavy atom. The SMILES string of the molecule is CC1OC(N)(N)C(N)(P)O1. The summed E-state index contributed by atoms with van der Waals surface area (Å²) in [7, 11) is 2.20. The summed E-state index contributed by atoms with van der Waals surface area (Å²) in [6, 6.07) is 0. The van der Waals surface area contributed by atoms with E-state index >= 15 is 0 Å². The number of nitrogens with two attached hydrogens (primary N) is 3. The van der Waals surface area contributed by atoms with Crippen molar-refractivity contribution in [2.75, 3.05) is 0 Å². The van der Waals surface area contributed by atoms with Crippen LogP contribution in [0.3, 0.4) is 0 Å². The number of hydrogen-bond donors (Lipinski definition) is 3. The lowest BCUT2D eigenvalue weighted by Crippen LogP contribution is -2.66. The zero-order valence-corrected chi connectivity index (χ0v) is 6.86. The maximum Gasteiger partial charge on any atom is 0.219 e. The summed E-state index contributed by atoms with van der Waals surface area (Å²) in [5.74, 6) is -1.42. The maximum absolute atomic E-state index is 5.51. The van der Waals surface area contributed by atoms with Crippen LogP contribution in [-0.4, -0.2) is 17.6 Å². The molecule has 0 spiro atoms. The third-order valence-corrected chi connectivity index (χ3v) is 1.92. The molecule has 1 aliphatic heterocycles. The molecule has 0 bridgehead atoms. The largest absolute Gasteiger partial charge is 0.323 e. The molecule has 6 heteroatoms. The second-order valence-corrected chi connectivity index (χ2v) is 3.25. The first-order chi connectivity index (χ1) is 4.35. The minimum atomic E-state index is -1.42. The first-order valence-electron chi connectivity index (χ1n) is 2.86. The van der Waals surface area contributed by atoms with Crippen LogP contribution in [0.5, 0.6) is 0 Å². The molecular weight excluding hydrogens is 153 g/mol. The molecule has 1 saturated heterocycles. The Morgan fingerprint density at radius 3 is 1.90 bits per heavy atom. The Bertz CT molecular complexity index is 133. The first-order valence-corrected chi connectivity index (χ1v) is 3.44. The van der Waals surface area contributed by atoms with Gasteiger partial charge in [0.15, 0.2) is 11.8 Å². The van der Waals surface area contributed by atoms with E-state index in [2.05, 4.69) is 9.24 Å². The molecule has 0 aliphatic carbocycles. The predicted octanol–water partition coefficient (Wildman–Crippen LogP) is -1.56. The summed E-state index contributed by atoms with van der Waals surface area (Å²) in [6.07, 6.45) is -0.461. The minimum Gasteiger partial charge on any atom is -0.323 e. The zero-order chi connectivity index (χ0) is 7.99. The van der Waals surface area contributed by atoms with Crippen molar-refractivity contribution in [3.8, 4) is 0 Å². The monoisotopic (exact) mass is 165 g/mol. The van der Waals surface area contributed by atoms with E-state index in [0.717, 1.165) is 0 Å². The average Bonchev–Trinajstić information content (AvgIpc) is 1.73. The fraction of sp³-hybridized carbons (Fsp3) is 1.00. The Kier molecular flexibility index (Phi) is 1.75. The molecule has 0 saturated carbocycles. The van der Waals surface area contributed by atoms with Gasteiger partial charge in [-0.3, -0.25) is 17.2 Å². The molecule has 60 valence electrons. The molecule has 1 heterocycles. The molecule has 0 radical (unpaired) electrons. The van der Waals surface area contributed by atoms with E-state index < -0.39 is 17.6 Å². The van der Waals surface area contributed by atoms with Gasteiger partial charge in [0.1, 0.15) is 0 Å². The van der Waals surface area contributed by atoms with Gasteiger partial charge in [0, 0.05) is 0 Å². The number of rotatable bonds is 0. The van der Waals surface area contributed by atoms with Gasteiger partial charge in [-0.05, 0) is 6.92 Å². The molecule has 0 aromatic heterocycles. The molecule has 0 amide bonds. The van der Waals surface area contributed by atoms with Crippen molar-refractivity contribution in [3.05, 3.63) is 0 Å². The summed E-state index contributed by atoms with van der Waals surface area (Å²) in [5.41, 5.74) is 15.2. The molecule has 1 aliphatic rings. The van der Waals surface area contributed by atoms with E-state index in [0.29, 0.717) is 0 Å². The highest BCUT2D eigenvalue weighted by Crippen LogP contribution is 2.32. The molecule has 10 heavy (non-hydrogen) atoms. The van der Waals surface area contributed by atoms with Crippen LogP contribution in [0.1, 0.15) is 6.92 Å². The van der Waals surface area contributed by atoms with Crippen LogP contribution in [0.15, 0.2) is 0 Å². The lowest BCUT2D eigenvalue weighted by atomic mass is 10.4. The number of hydrogen-bond acceptors (Lipinski definition) is 5. The van der Waals surface area contributed by atoms with E-state index in [1.165, 1.54) is 0 Å². The fourth-order valence-electron chi connectivity index (χ4n) is 0.757. The molecule has 3 atom stereocenters. The molecule has 3 unspecified atom stereocenters. The van der Waals surface area contributed by atoms with Crippen molar-refractivity contribution in [2.45, 2.75) is 24.5 Å². The smallest absolute Gasteiger partial charge is 0.219 e. The summed E-state index contributed by atoms with van der Waals surface area (Å²) in [5, 5.41) is 0. The highest BCUT2D eigenvalue weighted by Gasteiger charge is 2.50. The van der Waals surface area contributed by atoms with Gasteiger partial charge in [0.25, 0.3) is 0 Å². The first kappa shape index (κ1) is 8.33. The second-order valence-electron chi connectivity index (χ2n) is 2.39. The van der Waals surface area contributed by atoms with E-state index in [-0.39, 0.29) is 0 Å². The third kappa shape index (κ3) is 1.16. The van der Waals surface area contributed by atoms with Crippen molar-refractivity contribution in [1.29, 1.82) is 0 Å². The lowest BCUT2D eigenvalue weighted by molar-refractivity contribution is -0.0736. The molecule has 0 aromatic carbocycles. The predicted molar refractivity (Wildman–Crippen MR) is 39.4 cm³/mol. The van der Waals surface area contributed by atoms with Crippen LogP contribution in [0, 0.1) is 0 Å². The lowest BCUT2D eigenvalue weighted by Gasteiger charge is -2.28. The quantitative estimate of drug-likeness (QED) is 0.298. The average molecular weight is 165 g/mol. The fourth-order valence-corrected chi connectivity index (χ4v) is 1.02. The summed E-state index contributed by atoms with van der Waals surface area (Å²) >= 11 is 0. The zero-order valence-electron chi connectivity index (χ0n) is 5.70. The Labute approximate surface area is 61.4 Å². The van der Waals surface area contributed by atoms with Crippen molar-refractivity contribution in [1.82, 2.24) is 0 Å². The summed E-state index contributed by atoms with van der Waals surface area (Å²) < 4.78 is 9.98. The van der Waals surface area contributed by atoms with Gasteiger partial charge < -0.3 is 9.47 Å². The Morgan fingerprint density at radius 2 is 1.80 bits per heavy atom. The van der Waals surface area contributed by atoms with Crippen LogP contribution in [-0.2, 0) is 9.47 Å². The van der Waals surface area contributed by atoms with Crippen molar-refractivity contribution in [2.24, 2.45) is 17.2 Å². The van der Waals surface area contributed by atoms with Gasteiger partial charge in [-0.1, -0.05) is 9.24 Å². The summed E-state index contributed by atoms with van der Waals surface area (Å²) in [4.78, 5) is 0. The second kappa shape index (κ2) is 2.11. The van der Waals surface area contributed by atoms with Gasteiger partial charge in [-0.15, -0.1) is 0 Å². The third-order valence-electron chi connectivity index (χ3n) is 1.33. The molecule has 5 nitrogen and oxygen atoms in total. The molecule has 0 aromatic rings. The van der Waals surface area contributed by atoms with E-state index in [4.69, 9.17) is 26.7 Å². The normalized spacial score (nSPS) is 45.9. The summed E-state index contributed by atoms with van der Waals surface area (Å²) in [6.45, 7) is 1.67. The highest BCUT2D eigenvalue weighted by molar-refractivity contribution is 7.18. The van der Waals surface area contributed by atoms with Crippen LogP contribution in [0.25, 0.3) is 0 Å². The number of ether oxygens (including phenoxy) is 2. The minimum absolute atomic E-state index is 0.461. The van der Waals surface area contributed by atoms with Crippen molar-refractivity contribution in [3.63, 3.8) is 0 Å². The Hall–Kier alpha value is 0.230. The molecule has 6 N–H and O–H groups in total. The maximum atomic E-state index is 5.51. The topological polar surface area (TPSA) is 96.5 Å². The van der Waals surface area contributed by atoms with Gasteiger partial charge >= 0.3 is 0 Å².